The molecule has 0 saturated carbocycles. The smallest absolute Gasteiger partial charge is 0.248 e. The molecule has 0 fully saturated rings. The molecular formula is C12H15N5O2. The SMILES string of the molecule is CCN(C(=O)Cn1cnnn1)c1cc(O)ccc1C. The van der Waals surface area contributed by atoms with Crippen LogP contribution in [0.3, 0.4) is 0 Å². The molecule has 19 heavy (non-hydrogen) atoms. The Hall–Kier alpha value is -2.44. The Kier molecular flexibility index (Phi) is 3.74. The molecule has 0 radical (unpaired) electrons. The Morgan fingerprint density at radius 2 is 2.26 bits per heavy atom. The number of likely N-dealkylation sites (N-methyl/N-ethyl adjacent to an activating group) is 1. The van der Waals surface area contributed by atoms with Crippen molar-refractivity contribution in [2.75, 3.05) is 11.4 Å². The molecule has 1 heterocycles. The van der Waals surface area contributed by atoms with E-state index in [9.17, 15) is 9.90 Å². The van der Waals surface area contributed by atoms with Gasteiger partial charge in [0.25, 0.3) is 0 Å². The number of carbonyl (C=O) groups is 1. The molecule has 1 aromatic heterocycles. The van der Waals surface area contributed by atoms with Crippen molar-refractivity contribution in [1.82, 2.24) is 20.2 Å². The minimum atomic E-state index is -0.136. The van der Waals surface area contributed by atoms with Crippen molar-refractivity contribution < 1.29 is 9.90 Å². The zero-order valence-corrected chi connectivity index (χ0v) is 10.8. The van der Waals surface area contributed by atoms with Crippen LogP contribution in [0.5, 0.6) is 5.75 Å². The molecule has 0 aliphatic heterocycles. The molecule has 2 aromatic rings. The lowest BCUT2D eigenvalue weighted by Crippen LogP contribution is -2.34. The van der Waals surface area contributed by atoms with E-state index in [2.05, 4.69) is 15.5 Å². The molecule has 0 unspecified atom stereocenters. The Labute approximate surface area is 110 Å². The highest BCUT2D eigenvalue weighted by Crippen LogP contribution is 2.25. The van der Waals surface area contributed by atoms with E-state index < -0.39 is 0 Å². The van der Waals surface area contributed by atoms with Gasteiger partial charge in [0.2, 0.25) is 5.91 Å². The summed E-state index contributed by atoms with van der Waals surface area (Å²) >= 11 is 0. The Morgan fingerprint density at radius 1 is 1.47 bits per heavy atom. The van der Waals surface area contributed by atoms with Crippen molar-refractivity contribution in [3.05, 3.63) is 30.1 Å². The van der Waals surface area contributed by atoms with Gasteiger partial charge in [-0.2, -0.15) is 0 Å². The lowest BCUT2D eigenvalue weighted by atomic mass is 10.1. The van der Waals surface area contributed by atoms with E-state index in [4.69, 9.17) is 0 Å². The fraction of sp³-hybridized carbons (Fsp3) is 0.333. The number of phenolic OH excluding ortho intramolecular Hbond substituents is 1. The number of aryl methyl sites for hydroxylation is 1. The number of hydrogen-bond donors (Lipinski definition) is 1. The van der Waals surface area contributed by atoms with Crippen molar-refractivity contribution in [3.8, 4) is 5.75 Å². The van der Waals surface area contributed by atoms with E-state index in [1.54, 1.807) is 23.1 Å². The van der Waals surface area contributed by atoms with Crippen LogP contribution in [0.4, 0.5) is 5.69 Å². The molecule has 0 saturated heterocycles. The van der Waals surface area contributed by atoms with Gasteiger partial charge in [0.15, 0.2) is 0 Å². The van der Waals surface area contributed by atoms with Crippen LogP contribution < -0.4 is 4.90 Å². The average molecular weight is 261 g/mol. The van der Waals surface area contributed by atoms with Crippen LogP contribution in [-0.2, 0) is 11.3 Å². The summed E-state index contributed by atoms with van der Waals surface area (Å²) < 4.78 is 1.36. The molecular weight excluding hydrogens is 246 g/mol. The second-order valence-corrected chi connectivity index (χ2v) is 4.12. The van der Waals surface area contributed by atoms with Crippen molar-refractivity contribution >= 4 is 11.6 Å². The summed E-state index contributed by atoms with van der Waals surface area (Å²) in [5.74, 6) is -0.00206. The van der Waals surface area contributed by atoms with Gasteiger partial charge in [0, 0.05) is 12.6 Å². The molecule has 1 amide bonds. The predicted octanol–water partition coefficient (Wildman–Crippen LogP) is 0.740. The maximum atomic E-state index is 12.2. The lowest BCUT2D eigenvalue weighted by Gasteiger charge is -2.22. The van der Waals surface area contributed by atoms with Crippen LogP contribution in [0.1, 0.15) is 12.5 Å². The molecule has 0 atom stereocenters. The van der Waals surface area contributed by atoms with Gasteiger partial charge in [-0.15, -0.1) is 5.10 Å². The standard InChI is InChI=1S/C12H15N5O2/c1-3-17(11-6-10(18)5-4-9(11)2)12(19)7-16-8-13-14-15-16/h4-6,8,18H,3,7H2,1-2H3. The predicted molar refractivity (Wildman–Crippen MR) is 68.7 cm³/mol. The van der Waals surface area contributed by atoms with E-state index in [-0.39, 0.29) is 18.2 Å². The van der Waals surface area contributed by atoms with Gasteiger partial charge in [-0.1, -0.05) is 6.07 Å². The highest BCUT2D eigenvalue weighted by molar-refractivity contribution is 5.94. The third kappa shape index (κ3) is 2.87. The molecule has 0 aliphatic carbocycles. The van der Waals surface area contributed by atoms with Gasteiger partial charge in [0.05, 0.1) is 5.69 Å². The van der Waals surface area contributed by atoms with Crippen LogP contribution in [0.2, 0.25) is 0 Å². The zero-order chi connectivity index (χ0) is 13.8. The van der Waals surface area contributed by atoms with Crippen LogP contribution in [-0.4, -0.2) is 37.8 Å². The number of aromatic hydroxyl groups is 1. The molecule has 0 bridgehead atoms. The van der Waals surface area contributed by atoms with E-state index >= 15 is 0 Å². The summed E-state index contributed by atoms with van der Waals surface area (Å²) in [6.45, 7) is 4.34. The highest BCUT2D eigenvalue weighted by atomic mass is 16.3. The number of amides is 1. The van der Waals surface area contributed by atoms with E-state index in [1.165, 1.54) is 11.0 Å². The van der Waals surface area contributed by atoms with Crippen molar-refractivity contribution in [2.45, 2.75) is 20.4 Å². The summed E-state index contributed by atoms with van der Waals surface area (Å²) in [6.07, 6.45) is 1.39. The summed E-state index contributed by atoms with van der Waals surface area (Å²) in [5.41, 5.74) is 1.62. The maximum absolute atomic E-state index is 12.2. The number of carbonyl (C=O) groups excluding carboxylic acids is 1. The molecule has 0 aliphatic rings. The van der Waals surface area contributed by atoms with Crippen molar-refractivity contribution in [3.63, 3.8) is 0 Å². The number of aromatic nitrogens is 4. The number of tetrazole rings is 1. The first-order valence-electron chi connectivity index (χ1n) is 5.92. The molecule has 7 nitrogen and oxygen atoms in total. The number of benzene rings is 1. The average Bonchev–Trinajstić information content (AvgIpc) is 2.87. The minimum absolute atomic E-state index is 0.0654. The first kappa shape index (κ1) is 13.0. The monoisotopic (exact) mass is 261 g/mol. The Balaban J connectivity index is 2.24. The van der Waals surface area contributed by atoms with Gasteiger partial charge in [-0.3, -0.25) is 4.79 Å². The van der Waals surface area contributed by atoms with E-state index in [0.717, 1.165) is 5.56 Å². The number of anilines is 1. The van der Waals surface area contributed by atoms with Crippen LogP contribution in [0.15, 0.2) is 24.5 Å². The van der Waals surface area contributed by atoms with Crippen LogP contribution in [0, 0.1) is 6.92 Å². The van der Waals surface area contributed by atoms with Gasteiger partial charge >= 0.3 is 0 Å². The highest BCUT2D eigenvalue weighted by Gasteiger charge is 2.17. The van der Waals surface area contributed by atoms with Gasteiger partial charge in [-0.05, 0) is 35.9 Å². The normalized spacial score (nSPS) is 10.4. The van der Waals surface area contributed by atoms with Crippen LogP contribution in [0.25, 0.3) is 0 Å². The molecule has 7 heteroatoms. The van der Waals surface area contributed by atoms with E-state index in [0.29, 0.717) is 12.2 Å². The quantitative estimate of drug-likeness (QED) is 0.877. The number of hydrogen-bond acceptors (Lipinski definition) is 5. The van der Waals surface area contributed by atoms with Gasteiger partial charge in [0.1, 0.15) is 18.6 Å². The maximum Gasteiger partial charge on any atom is 0.248 e. The molecule has 0 spiro atoms. The summed E-state index contributed by atoms with van der Waals surface area (Å²) in [4.78, 5) is 13.8. The van der Waals surface area contributed by atoms with Crippen molar-refractivity contribution in [2.24, 2.45) is 0 Å². The minimum Gasteiger partial charge on any atom is -0.508 e. The zero-order valence-electron chi connectivity index (χ0n) is 10.8. The van der Waals surface area contributed by atoms with Gasteiger partial charge in [-0.25, -0.2) is 4.68 Å². The molecule has 1 N–H and O–H groups in total. The number of nitrogens with zero attached hydrogens (tertiary/aromatic N) is 5. The second kappa shape index (κ2) is 5.47. The largest absolute Gasteiger partial charge is 0.508 e. The lowest BCUT2D eigenvalue weighted by molar-refractivity contribution is -0.119. The fourth-order valence-corrected chi connectivity index (χ4v) is 1.85. The number of rotatable bonds is 4. The Morgan fingerprint density at radius 3 is 2.89 bits per heavy atom. The summed E-state index contributed by atoms with van der Waals surface area (Å²) in [7, 11) is 0. The molecule has 100 valence electrons. The third-order valence-electron chi connectivity index (χ3n) is 2.79. The molecule has 2 rings (SSSR count). The number of phenols is 1. The molecule has 1 aromatic carbocycles. The topological polar surface area (TPSA) is 84.1 Å². The first-order chi connectivity index (χ1) is 9.11. The van der Waals surface area contributed by atoms with Crippen molar-refractivity contribution in [1.29, 1.82) is 0 Å². The summed E-state index contributed by atoms with van der Waals surface area (Å²) in [6, 6.07) is 4.95. The summed E-state index contributed by atoms with van der Waals surface area (Å²) in [5, 5.41) is 20.2. The third-order valence-corrected chi connectivity index (χ3v) is 2.79. The fourth-order valence-electron chi connectivity index (χ4n) is 1.85. The van der Waals surface area contributed by atoms with Gasteiger partial charge < -0.3 is 10.0 Å². The Bertz CT molecular complexity index is 568. The van der Waals surface area contributed by atoms with Crippen LogP contribution >= 0.6 is 0 Å². The van der Waals surface area contributed by atoms with E-state index in [1.807, 2.05) is 13.8 Å². The second-order valence-electron chi connectivity index (χ2n) is 4.12. The first-order valence-corrected chi connectivity index (χ1v) is 5.92.